The number of nitrogens with one attached hydrogen (secondary N) is 2. The number of benzene rings is 1. The van der Waals surface area contributed by atoms with Gasteiger partial charge in [-0.3, -0.25) is 9.89 Å². The Bertz CT molecular complexity index is 803. The second kappa shape index (κ2) is 6.76. The van der Waals surface area contributed by atoms with E-state index in [9.17, 15) is 4.79 Å². The van der Waals surface area contributed by atoms with Crippen LogP contribution in [-0.4, -0.2) is 52.3 Å². The minimum atomic E-state index is -0.235. The van der Waals surface area contributed by atoms with Crippen LogP contribution < -0.4 is 5.32 Å². The Labute approximate surface area is 153 Å². The summed E-state index contributed by atoms with van der Waals surface area (Å²) in [4.78, 5) is 14.6. The molecule has 2 aliphatic heterocycles. The van der Waals surface area contributed by atoms with Gasteiger partial charge in [0, 0.05) is 24.3 Å². The van der Waals surface area contributed by atoms with E-state index in [0.717, 1.165) is 37.2 Å². The molecule has 1 amide bonds. The fourth-order valence-corrected chi connectivity index (χ4v) is 4.15. The molecule has 138 valence electrons. The first kappa shape index (κ1) is 17.1. The third-order valence-corrected chi connectivity index (χ3v) is 5.35. The molecule has 1 aromatic heterocycles. The van der Waals surface area contributed by atoms with Gasteiger partial charge < -0.3 is 15.0 Å². The first-order valence-electron chi connectivity index (χ1n) is 9.31. The van der Waals surface area contributed by atoms with Gasteiger partial charge in [0.2, 0.25) is 0 Å². The molecule has 2 aliphatic rings. The van der Waals surface area contributed by atoms with E-state index in [2.05, 4.69) is 46.7 Å². The zero-order valence-electron chi connectivity index (χ0n) is 15.4. The van der Waals surface area contributed by atoms with Crippen molar-refractivity contribution in [2.45, 2.75) is 44.8 Å². The molecule has 2 aromatic rings. The number of aryl methyl sites for hydroxylation is 2. The maximum absolute atomic E-state index is 12.7. The van der Waals surface area contributed by atoms with Gasteiger partial charge >= 0.3 is 0 Å². The summed E-state index contributed by atoms with van der Waals surface area (Å²) in [5.74, 6) is -0.00730. The lowest BCUT2D eigenvalue weighted by Crippen LogP contribution is -2.50. The van der Waals surface area contributed by atoms with Crippen molar-refractivity contribution in [3.63, 3.8) is 0 Å². The molecule has 2 saturated heterocycles. The highest BCUT2D eigenvalue weighted by atomic mass is 16.5. The maximum atomic E-state index is 12.7. The Hall–Kier alpha value is -2.34. The van der Waals surface area contributed by atoms with E-state index in [-0.39, 0.29) is 17.6 Å². The lowest BCUT2D eigenvalue weighted by atomic mass is 9.88. The van der Waals surface area contributed by atoms with Crippen molar-refractivity contribution < 1.29 is 9.53 Å². The van der Waals surface area contributed by atoms with Crippen molar-refractivity contribution in [2.24, 2.45) is 0 Å². The standard InChI is InChI=1S/C20H26N4O2/c1-14-5-3-6-16(9-14)21-17-11-20(26-12-17)7-4-8-24(13-20)19(25)18-10-15(2)22-23-18/h3,5-6,9-10,17,21H,4,7-8,11-13H2,1-2H3,(H,22,23)/t17-,20-/m0/s1. The molecule has 2 fully saturated rings. The quantitative estimate of drug-likeness (QED) is 0.889. The number of rotatable bonds is 3. The van der Waals surface area contributed by atoms with E-state index >= 15 is 0 Å². The maximum Gasteiger partial charge on any atom is 0.274 e. The van der Waals surface area contributed by atoms with Gasteiger partial charge in [-0.05, 0) is 50.5 Å². The van der Waals surface area contributed by atoms with Crippen molar-refractivity contribution in [1.29, 1.82) is 0 Å². The predicted octanol–water partition coefficient (Wildman–Crippen LogP) is 2.90. The lowest BCUT2D eigenvalue weighted by molar-refractivity contribution is -0.0448. The molecular formula is C20H26N4O2. The van der Waals surface area contributed by atoms with Crippen LogP contribution in [0.1, 0.15) is 41.0 Å². The number of carbonyl (C=O) groups excluding carboxylic acids is 1. The minimum Gasteiger partial charge on any atom is -0.380 e. The molecule has 0 radical (unpaired) electrons. The Balaban J connectivity index is 1.41. The van der Waals surface area contributed by atoms with Crippen molar-refractivity contribution >= 4 is 11.6 Å². The van der Waals surface area contributed by atoms with Crippen molar-refractivity contribution in [3.8, 4) is 0 Å². The molecule has 0 bridgehead atoms. The molecule has 2 N–H and O–H groups in total. The molecule has 6 nitrogen and oxygen atoms in total. The monoisotopic (exact) mass is 354 g/mol. The number of piperidine rings is 1. The van der Waals surface area contributed by atoms with Crippen molar-refractivity contribution in [3.05, 3.63) is 47.3 Å². The first-order chi connectivity index (χ1) is 12.5. The average molecular weight is 354 g/mol. The van der Waals surface area contributed by atoms with Crippen LogP contribution in [0.3, 0.4) is 0 Å². The SMILES string of the molecule is Cc1cccc(N[C@@H]2CO[C@@]3(CCCN(C(=O)c4cc(C)[nH]n4)C3)C2)c1. The zero-order chi connectivity index (χ0) is 18.1. The summed E-state index contributed by atoms with van der Waals surface area (Å²) >= 11 is 0. The highest BCUT2D eigenvalue weighted by molar-refractivity contribution is 5.92. The van der Waals surface area contributed by atoms with Gasteiger partial charge in [-0.25, -0.2) is 0 Å². The Morgan fingerprint density at radius 2 is 2.27 bits per heavy atom. The van der Waals surface area contributed by atoms with Crippen LogP contribution in [0, 0.1) is 13.8 Å². The minimum absolute atomic E-state index is 0.00730. The number of amides is 1. The number of H-pyrrole nitrogens is 1. The second-order valence-electron chi connectivity index (χ2n) is 7.68. The number of nitrogens with zero attached hydrogens (tertiary/aromatic N) is 2. The zero-order valence-corrected chi connectivity index (χ0v) is 15.4. The fraction of sp³-hybridized carbons (Fsp3) is 0.500. The van der Waals surface area contributed by atoms with Crippen LogP contribution in [0.4, 0.5) is 5.69 Å². The van der Waals surface area contributed by atoms with E-state index < -0.39 is 0 Å². The van der Waals surface area contributed by atoms with Crippen LogP contribution in [0.2, 0.25) is 0 Å². The van der Waals surface area contributed by atoms with Crippen LogP contribution in [0.25, 0.3) is 0 Å². The molecule has 6 heteroatoms. The number of carbonyl (C=O) groups is 1. The van der Waals surface area contributed by atoms with E-state index in [1.54, 1.807) is 6.07 Å². The van der Waals surface area contributed by atoms with Gasteiger partial charge in [0.05, 0.1) is 24.8 Å². The van der Waals surface area contributed by atoms with Gasteiger partial charge in [0.25, 0.3) is 5.91 Å². The van der Waals surface area contributed by atoms with Crippen LogP contribution in [0.15, 0.2) is 30.3 Å². The van der Waals surface area contributed by atoms with E-state index in [4.69, 9.17) is 4.74 Å². The summed E-state index contributed by atoms with van der Waals surface area (Å²) in [5.41, 5.74) is 3.53. The van der Waals surface area contributed by atoms with Crippen LogP contribution >= 0.6 is 0 Å². The summed E-state index contributed by atoms with van der Waals surface area (Å²) in [6.45, 7) is 6.09. The molecule has 3 heterocycles. The second-order valence-corrected chi connectivity index (χ2v) is 7.68. The van der Waals surface area contributed by atoms with Gasteiger partial charge in [0.15, 0.2) is 0 Å². The molecule has 1 aromatic carbocycles. The molecule has 1 spiro atoms. The number of anilines is 1. The van der Waals surface area contributed by atoms with Gasteiger partial charge in [-0.1, -0.05) is 12.1 Å². The summed E-state index contributed by atoms with van der Waals surface area (Å²) in [6.07, 6.45) is 2.89. The molecule has 0 unspecified atom stereocenters. The molecule has 0 aliphatic carbocycles. The smallest absolute Gasteiger partial charge is 0.274 e. The lowest BCUT2D eigenvalue weighted by Gasteiger charge is -2.39. The van der Waals surface area contributed by atoms with Crippen LogP contribution in [0.5, 0.6) is 0 Å². The van der Waals surface area contributed by atoms with Crippen molar-refractivity contribution in [1.82, 2.24) is 15.1 Å². The largest absolute Gasteiger partial charge is 0.380 e. The van der Waals surface area contributed by atoms with E-state index in [1.807, 2.05) is 11.8 Å². The Kier molecular flexibility index (Phi) is 4.44. The number of hydrogen-bond donors (Lipinski definition) is 2. The van der Waals surface area contributed by atoms with Crippen LogP contribution in [-0.2, 0) is 4.74 Å². The number of hydrogen-bond acceptors (Lipinski definition) is 4. The third kappa shape index (κ3) is 3.46. The molecule has 2 atom stereocenters. The van der Waals surface area contributed by atoms with E-state index in [1.165, 1.54) is 5.56 Å². The third-order valence-electron chi connectivity index (χ3n) is 5.35. The summed E-state index contributed by atoms with van der Waals surface area (Å²) in [6, 6.07) is 10.5. The highest BCUT2D eigenvalue weighted by Crippen LogP contribution is 2.36. The normalized spacial score (nSPS) is 25.6. The number of likely N-dealkylation sites (tertiary alicyclic amines) is 1. The average Bonchev–Trinajstić information content (AvgIpc) is 3.21. The number of aromatic amines is 1. The van der Waals surface area contributed by atoms with E-state index in [0.29, 0.717) is 18.8 Å². The number of aromatic nitrogens is 2. The summed E-state index contributed by atoms with van der Waals surface area (Å²) < 4.78 is 6.23. The molecular weight excluding hydrogens is 328 g/mol. The predicted molar refractivity (Wildman–Crippen MR) is 100 cm³/mol. The molecule has 4 rings (SSSR count). The van der Waals surface area contributed by atoms with Gasteiger partial charge in [-0.2, -0.15) is 5.10 Å². The Morgan fingerprint density at radius 3 is 3.04 bits per heavy atom. The molecule has 0 saturated carbocycles. The topological polar surface area (TPSA) is 70.2 Å². The fourth-order valence-electron chi connectivity index (χ4n) is 4.15. The van der Waals surface area contributed by atoms with Crippen molar-refractivity contribution in [2.75, 3.05) is 25.0 Å². The summed E-state index contributed by atoms with van der Waals surface area (Å²) in [5, 5.41) is 10.6. The van der Waals surface area contributed by atoms with Gasteiger partial charge in [-0.15, -0.1) is 0 Å². The van der Waals surface area contributed by atoms with Gasteiger partial charge in [0.1, 0.15) is 5.69 Å². The Morgan fingerprint density at radius 1 is 1.38 bits per heavy atom. The summed E-state index contributed by atoms with van der Waals surface area (Å²) in [7, 11) is 0. The number of ether oxygens (including phenoxy) is 1. The highest BCUT2D eigenvalue weighted by Gasteiger charge is 2.44. The first-order valence-corrected chi connectivity index (χ1v) is 9.31. The molecule has 26 heavy (non-hydrogen) atoms.